The highest BCUT2D eigenvalue weighted by atomic mass is 16.2. The Morgan fingerprint density at radius 1 is 1.32 bits per heavy atom. The molecule has 2 heterocycles. The van der Waals surface area contributed by atoms with Crippen molar-refractivity contribution in [3.8, 4) is 0 Å². The quantitative estimate of drug-likeness (QED) is 0.773. The number of aliphatic imine (C=N–C) groups is 1. The van der Waals surface area contributed by atoms with Crippen molar-refractivity contribution in [2.45, 2.75) is 31.8 Å². The van der Waals surface area contributed by atoms with Gasteiger partial charge in [-0.25, -0.2) is 4.99 Å². The number of benzene rings is 1. The van der Waals surface area contributed by atoms with E-state index in [1.54, 1.807) is 6.34 Å². The third-order valence-corrected chi connectivity index (χ3v) is 3.88. The molecule has 0 spiro atoms. The maximum atomic E-state index is 12.1. The SMILES string of the molecule is CC1(N2C=Nc3ccccc3C2)CCC(=O)NC1=O. The van der Waals surface area contributed by atoms with Gasteiger partial charge in [0.05, 0.1) is 12.0 Å². The molecule has 0 radical (unpaired) electrons. The van der Waals surface area contributed by atoms with Gasteiger partial charge in [-0.05, 0) is 25.0 Å². The lowest BCUT2D eigenvalue weighted by Gasteiger charge is -2.42. The van der Waals surface area contributed by atoms with Crippen LogP contribution in [0.5, 0.6) is 0 Å². The Morgan fingerprint density at radius 3 is 2.89 bits per heavy atom. The molecule has 1 fully saturated rings. The molecule has 2 amide bonds. The van der Waals surface area contributed by atoms with E-state index in [9.17, 15) is 9.59 Å². The van der Waals surface area contributed by atoms with Crippen molar-refractivity contribution in [1.29, 1.82) is 0 Å². The van der Waals surface area contributed by atoms with Crippen LogP contribution in [0.2, 0.25) is 0 Å². The minimum atomic E-state index is -0.703. The van der Waals surface area contributed by atoms with Gasteiger partial charge in [0.15, 0.2) is 0 Å². The maximum absolute atomic E-state index is 12.1. The van der Waals surface area contributed by atoms with Crippen LogP contribution in [0.1, 0.15) is 25.3 Å². The molecule has 0 aromatic heterocycles. The second kappa shape index (κ2) is 4.19. The van der Waals surface area contributed by atoms with Crippen LogP contribution in [0.4, 0.5) is 5.69 Å². The van der Waals surface area contributed by atoms with Crippen LogP contribution in [0, 0.1) is 0 Å². The lowest BCUT2D eigenvalue weighted by molar-refractivity contribution is -0.141. The van der Waals surface area contributed by atoms with Crippen LogP contribution in [-0.2, 0) is 16.1 Å². The first-order valence-electron chi connectivity index (χ1n) is 6.33. The second-order valence-corrected chi connectivity index (χ2v) is 5.15. The van der Waals surface area contributed by atoms with Crippen molar-refractivity contribution in [3.05, 3.63) is 29.8 Å². The molecule has 1 atom stereocenters. The van der Waals surface area contributed by atoms with Crippen molar-refractivity contribution in [1.82, 2.24) is 10.2 Å². The second-order valence-electron chi connectivity index (χ2n) is 5.15. The molecule has 2 aliphatic heterocycles. The summed E-state index contributed by atoms with van der Waals surface area (Å²) in [5.74, 6) is -0.439. The highest BCUT2D eigenvalue weighted by Crippen LogP contribution is 2.31. The van der Waals surface area contributed by atoms with Crippen LogP contribution >= 0.6 is 0 Å². The summed E-state index contributed by atoms with van der Waals surface area (Å²) in [6.45, 7) is 2.49. The Labute approximate surface area is 111 Å². The molecule has 5 heteroatoms. The predicted octanol–water partition coefficient (Wildman–Crippen LogP) is 1.36. The maximum Gasteiger partial charge on any atom is 0.252 e. The van der Waals surface area contributed by atoms with E-state index in [1.165, 1.54) is 0 Å². The van der Waals surface area contributed by atoms with E-state index in [2.05, 4.69) is 10.3 Å². The van der Waals surface area contributed by atoms with Gasteiger partial charge >= 0.3 is 0 Å². The predicted molar refractivity (Wildman–Crippen MR) is 70.9 cm³/mol. The number of amides is 2. The minimum Gasteiger partial charge on any atom is -0.344 e. The molecule has 1 saturated heterocycles. The third-order valence-electron chi connectivity index (χ3n) is 3.88. The van der Waals surface area contributed by atoms with E-state index in [4.69, 9.17) is 0 Å². The summed E-state index contributed by atoms with van der Waals surface area (Å²) >= 11 is 0. The van der Waals surface area contributed by atoms with E-state index in [0.717, 1.165) is 11.3 Å². The number of carbonyl (C=O) groups excluding carboxylic acids is 2. The van der Waals surface area contributed by atoms with Gasteiger partial charge in [0.2, 0.25) is 5.91 Å². The Bertz CT molecular complexity index is 582. The van der Waals surface area contributed by atoms with Gasteiger partial charge in [-0.15, -0.1) is 0 Å². The number of hydrogen-bond donors (Lipinski definition) is 1. The van der Waals surface area contributed by atoms with Gasteiger partial charge in [0, 0.05) is 13.0 Å². The average Bonchev–Trinajstić information content (AvgIpc) is 2.43. The first-order chi connectivity index (χ1) is 9.09. The van der Waals surface area contributed by atoms with E-state index in [-0.39, 0.29) is 11.8 Å². The molecule has 1 aromatic rings. The lowest BCUT2D eigenvalue weighted by atomic mass is 9.88. The van der Waals surface area contributed by atoms with E-state index in [1.807, 2.05) is 36.1 Å². The molecular formula is C14H15N3O2. The van der Waals surface area contributed by atoms with Gasteiger partial charge in [-0.3, -0.25) is 14.9 Å². The summed E-state index contributed by atoms with van der Waals surface area (Å²) in [5, 5.41) is 2.41. The molecule has 5 nitrogen and oxygen atoms in total. The highest BCUT2D eigenvalue weighted by Gasteiger charge is 2.43. The number of nitrogens with zero attached hydrogens (tertiary/aromatic N) is 2. The monoisotopic (exact) mass is 257 g/mol. The average molecular weight is 257 g/mol. The summed E-state index contributed by atoms with van der Waals surface area (Å²) in [4.78, 5) is 29.7. The number of rotatable bonds is 1. The largest absolute Gasteiger partial charge is 0.344 e. The smallest absolute Gasteiger partial charge is 0.252 e. The van der Waals surface area contributed by atoms with Gasteiger partial charge in [0.25, 0.3) is 5.91 Å². The molecule has 19 heavy (non-hydrogen) atoms. The summed E-state index contributed by atoms with van der Waals surface area (Å²) < 4.78 is 0. The normalized spacial score (nSPS) is 26.1. The number of imide groups is 1. The van der Waals surface area contributed by atoms with Gasteiger partial charge in [-0.2, -0.15) is 0 Å². The number of carbonyl (C=O) groups is 2. The van der Waals surface area contributed by atoms with Crippen molar-refractivity contribution in [3.63, 3.8) is 0 Å². The molecular weight excluding hydrogens is 242 g/mol. The standard InChI is InChI=1S/C14H15N3O2/c1-14(7-6-12(18)16-13(14)19)17-8-10-4-2-3-5-11(10)15-9-17/h2-5,9H,6-8H2,1H3,(H,16,18,19). The van der Waals surface area contributed by atoms with E-state index < -0.39 is 5.54 Å². The van der Waals surface area contributed by atoms with Gasteiger partial charge in [0.1, 0.15) is 5.54 Å². The topological polar surface area (TPSA) is 61.8 Å². The Morgan fingerprint density at radius 2 is 2.11 bits per heavy atom. The van der Waals surface area contributed by atoms with E-state index in [0.29, 0.717) is 19.4 Å². The number of piperidine rings is 1. The fraction of sp³-hybridized carbons (Fsp3) is 0.357. The zero-order valence-electron chi connectivity index (χ0n) is 10.7. The fourth-order valence-electron chi connectivity index (χ4n) is 2.50. The molecule has 0 aliphatic carbocycles. The summed E-state index contributed by atoms with van der Waals surface area (Å²) in [6, 6.07) is 7.87. The van der Waals surface area contributed by atoms with Crippen molar-refractivity contribution >= 4 is 23.8 Å². The molecule has 2 aliphatic rings. The van der Waals surface area contributed by atoms with Crippen LogP contribution < -0.4 is 5.32 Å². The third kappa shape index (κ3) is 1.91. The van der Waals surface area contributed by atoms with Gasteiger partial charge < -0.3 is 4.90 Å². The highest BCUT2D eigenvalue weighted by molar-refractivity contribution is 6.03. The molecule has 1 N–H and O–H groups in total. The van der Waals surface area contributed by atoms with E-state index >= 15 is 0 Å². The molecule has 0 bridgehead atoms. The molecule has 1 aromatic carbocycles. The summed E-state index contributed by atoms with van der Waals surface area (Å²) in [5.41, 5.74) is 1.33. The Balaban J connectivity index is 1.89. The number of hydrogen-bond acceptors (Lipinski definition) is 4. The number of fused-ring (bicyclic) bond motifs is 1. The minimum absolute atomic E-state index is 0.197. The number of para-hydroxylation sites is 1. The van der Waals surface area contributed by atoms with Crippen molar-refractivity contribution in [2.75, 3.05) is 0 Å². The first-order valence-corrected chi connectivity index (χ1v) is 6.33. The first kappa shape index (κ1) is 11.9. The fourth-order valence-corrected chi connectivity index (χ4v) is 2.50. The number of nitrogens with one attached hydrogen (secondary N) is 1. The lowest BCUT2D eigenvalue weighted by Crippen LogP contribution is -2.60. The zero-order chi connectivity index (χ0) is 13.5. The van der Waals surface area contributed by atoms with Crippen molar-refractivity contribution < 1.29 is 9.59 Å². The molecule has 98 valence electrons. The van der Waals surface area contributed by atoms with Crippen LogP contribution in [0.15, 0.2) is 29.3 Å². The molecule has 3 rings (SSSR count). The Kier molecular flexibility index (Phi) is 2.62. The van der Waals surface area contributed by atoms with Gasteiger partial charge in [-0.1, -0.05) is 18.2 Å². The Hall–Kier alpha value is -2.17. The van der Waals surface area contributed by atoms with Crippen LogP contribution in [0.25, 0.3) is 0 Å². The van der Waals surface area contributed by atoms with Crippen molar-refractivity contribution in [2.24, 2.45) is 4.99 Å². The summed E-state index contributed by atoms with van der Waals surface area (Å²) in [6.07, 6.45) is 2.60. The van der Waals surface area contributed by atoms with Crippen LogP contribution in [-0.4, -0.2) is 28.6 Å². The zero-order valence-corrected chi connectivity index (χ0v) is 10.7. The molecule has 0 saturated carbocycles. The molecule has 1 unspecified atom stereocenters. The van der Waals surface area contributed by atoms with Crippen LogP contribution in [0.3, 0.4) is 0 Å². The summed E-state index contributed by atoms with van der Waals surface area (Å²) in [7, 11) is 0.